The molecule has 8 nitrogen and oxygen atoms in total. The van der Waals surface area contributed by atoms with E-state index < -0.39 is 0 Å². The maximum absolute atomic E-state index is 13.6. The van der Waals surface area contributed by atoms with Gasteiger partial charge < -0.3 is 15.0 Å². The Kier molecular flexibility index (Phi) is 4.82. The number of hydrogen-bond donors (Lipinski definition) is 1. The summed E-state index contributed by atoms with van der Waals surface area (Å²) in [6, 6.07) is 8.76. The summed E-state index contributed by atoms with van der Waals surface area (Å²) >= 11 is 0. The molecule has 166 valence electrons. The van der Waals surface area contributed by atoms with Crippen LogP contribution in [0.15, 0.2) is 42.9 Å². The van der Waals surface area contributed by atoms with Crippen LogP contribution in [0.5, 0.6) is 0 Å². The number of aromatic nitrogens is 4. The van der Waals surface area contributed by atoms with Gasteiger partial charge in [0.25, 0.3) is 0 Å². The highest BCUT2D eigenvalue weighted by atomic mass is 16.5. The van der Waals surface area contributed by atoms with Crippen molar-refractivity contribution < 1.29 is 9.53 Å². The third kappa shape index (κ3) is 3.24. The fourth-order valence-corrected chi connectivity index (χ4v) is 6.05. The first-order chi connectivity index (χ1) is 15.7. The molecule has 1 aromatic carbocycles. The van der Waals surface area contributed by atoms with Gasteiger partial charge in [-0.2, -0.15) is 0 Å². The SMILES string of the molecule is CO[C@@H]1C[C@@H](c2nnc3cnccn23)N(C(=O)NC2C3CCC2Cc2ccccc2C3)C1. The molecule has 3 aliphatic rings. The Balaban J connectivity index is 1.25. The molecule has 1 N–H and O–H groups in total. The highest BCUT2D eigenvalue weighted by Crippen LogP contribution is 2.41. The number of urea groups is 1. The molecule has 2 fully saturated rings. The van der Waals surface area contributed by atoms with Crippen LogP contribution >= 0.6 is 0 Å². The van der Waals surface area contributed by atoms with Crippen LogP contribution in [0, 0.1) is 11.8 Å². The van der Waals surface area contributed by atoms with Crippen molar-refractivity contribution in [1.82, 2.24) is 29.8 Å². The van der Waals surface area contributed by atoms with Crippen molar-refractivity contribution in [2.24, 2.45) is 11.8 Å². The summed E-state index contributed by atoms with van der Waals surface area (Å²) in [6.07, 6.45) is 10.4. The van der Waals surface area contributed by atoms with E-state index in [1.807, 2.05) is 15.5 Å². The van der Waals surface area contributed by atoms with Gasteiger partial charge in [-0.05, 0) is 48.6 Å². The summed E-state index contributed by atoms with van der Waals surface area (Å²) in [6.45, 7) is 0.551. The number of likely N-dealkylation sites (tertiary alicyclic amines) is 1. The Bertz CT molecular complexity index is 1110. The molecule has 2 unspecified atom stereocenters. The van der Waals surface area contributed by atoms with Gasteiger partial charge in [0.05, 0.1) is 18.3 Å². The Morgan fingerprint density at radius 1 is 1.12 bits per heavy atom. The molecule has 2 aliphatic carbocycles. The van der Waals surface area contributed by atoms with E-state index in [0.29, 0.717) is 30.4 Å². The molecule has 1 saturated carbocycles. The van der Waals surface area contributed by atoms with Gasteiger partial charge in [-0.1, -0.05) is 24.3 Å². The zero-order valence-corrected chi connectivity index (χ0v) is 18.2. The standard InChI is InChI=1S/C24H28N6O2/c1-32-19-12-20(23-28-27-21-13-25-8-9-29(21)23)30(14-19)24(31)26-22-17-6-7-18(22)11-16-5-3-2-4-15(16)10-17/h2-5,8-9,13,17-20,22H,6-7,10-12,14H2,1H3,(H,26,31)/t17?,18?,19-,20+,22?/m1/s1. The van der Waals surface area contributed by atoms with E-state index in [0.717, 1.165) is 18.7 Å². The molecule has 0 radical (unpaired) electrons. The smallest absolute Gasteiger partial charge is 0.318 e. The molecule has 3 heterocycles. The number of fused-ring (bicyclic) bond motifs is 4. The summed E-state index contributed by atoms with van der Waals surface area (Å²) in [5, 5.41) is 12.1. The first kappa shape index (κ1) is 19.7. The summed E-state index contributed by atoms with van der Waals surface area (Å²) in [7, 11) is 1.71. The molecular formula is C24H28N6O2. The third-order valence-electron chi connectivity index (χ3n) is 7.69. The topological polar surface area (TPSA) is 84.7 Å². The molecule has 6 rings (SSSR count). The number of methoxy groups -OCH3 is 1. The van der Waals surface area contributed by atoms with Gasteiger partial charge in [-0.15, -0.1) is 10.2 Å². The van der Waals surface area contributed by atoms with E-state index >= 15 is 0 Å². The van der Waals surface area contributed by atoms with Crippen LogP contribution in [-0.4, -0.2) is 56.3 Å². The van der Waals surface area contributed by atoms with Crippen LogP contribution in [-0.2, 0) is 17.6 Å². The van der Waals surface area contributed by atoms with E-state index in [-0.39, 0.29) is 24.2 Å². The van der Waals surface area contributed by atoms with Crippen molar-refractivity contribution in [1.29, 1.82) is 0 Å². The van der Waals surface area contributed by atoms with Gasteiger partial charge in [0.2, 0.25) is 0 Å². The summed E-state index contributed by atoms with van der Waals surface area (Å²) in [5.74, 6) is 1.74. The van der Waals surface area contributed by atoms with Crippen LogP contribution in [0.2, 0.25) is 0 Å². The number of benzene rings is 1. The number of nitrogens with zero attached hydrogens (tertiary/aromatic N) is 5. The van der Waals surface area contributed by atoms with Crippen LogP contribution in [0.25, 0.3) is 5.65 Å². The number of hydrogen-bond acceptors (Lipinski definition) is 5. The minimum atomic E-state index is -0.182. The molecule has 2 bridgehead atoms. The zero-order chi connectivity index (χ0) is 21.7. The fourth-order valence-electron chi connectivity index (χ4n) is 6.05. The second-order valence-corrected chi connectivity index (χ2v) is 9.37. The van der Waals surface area contributed by atoms with Crippen molar-refractivity contribution in [3.8, 4) is 0 Å². The van der Waals surface area contributed by atoms with Crippen molar-refractivity contribution in [2.75, 3.05) is 13.7 Å². The van der Waals surface area contributed by atoms with Crippen LogP contribution < -0.4 is 5.32 Å². The van der Waals surface area contributed by atoms with Crippen molar-refractivity contribution in [2.45, 2.75) is 50.3 Å². The van der Waals surface area contributed by atoms with E-state index in [2.05, 4.69) is 44.8 Å². The first-order valence-electron chi connectivity index (χ1n) is 11.5. The van der Waals surface area contributed by atoms with E-state index in [4.69, 9.17) is 4.74 Å². The monoisotopic (exact) mass is 432 g/mol. The van der Waals surface area contributed by atoms with E-state index in [1.54, 1.807) is 19.5 Å². The minimum absolute atomic E-state index is 0.0185. The van der Waals surface area contributed by atoms with Crippen LogP contribution in [0.4, 0.5) is 4.79 Å². The summed E-state index contributed by atoms with van der Waals surface area (Å²) < 4.78 is 7.57. The quantitative estimate of drug-likeness (QED) is 0.688. The summed E-state index contributed by atoms with van der Waals surface area (Å²) in [5.41, 5.74) is 3.57. The van der Waals surface area contributed by atoms with E-state index in [1.165, 1.54) is 24.0 Å². The maximum atomic E-state index is 13.6. The molecule has 2 aromatic heterocycles. The predicted octanol–water partition coefficient (Wildman–Crippen LogP) is 2.79. The lowest BCUT2D eigenvalue weighted by Crippen LogP contribution is -2.49. The lowest BCUT2D eigenvalue weighted by Gasteiger charge is -2.29. The van der Waals surface area contributed by atoms with Crippen molar-refractivity contribution >= 4 is 11.7 Å². The molecule has 0 spiro atoms. The van der Waals surface area contributed by atoms with E-state index in [9.17, 15) is 4.79 Å². The lowest BCUT2D eigenvalue weighted by atomic mass is 9.94. The number of carbonyl (C=O) groups excluding carboxylic acids is 1. The van der Waals surface area contributed by atoms with Crippen molar-refractivity contribution in [3.05, 3.63) is 59.8 Å². The fraction of sp³-hybridized carbons (Fsp3) is 0.500. The van der Waals surface area contributed by atoms with Gasteiger partial charge in [0.15, 0.2) is 11.5 Å². The zero-order valence-electron chi connectivity index (χ0n) is 18.2. The van der Waals surface area contributed by atoms with Crippen molar-refractivity contribution in [3.63, 3.8) is 0 Å². The molecule has 1 aliphatic heterocycles. The molecule has 4 atom stereocenters. The average molecular weight is 433 g/mol. The Morgan fingerprint density at radius 3 is 2.59 bits per heavy atom. The van der Waals surface area contributed by atoms with Gasteiger partial charge >= 0.3 is 6.03 Å². The van der Waals surface area contributed by atoms with Gasteiger partial charge in [-0.25, -0.2) is 4.79 Å². The first-order valence-corrected chi connectivity index (χ1v) is 11.5. The Morgan fingerprint density at radius 2 is 1.88 bits per heavy atom. The number of rotatable bonds is 3. The van der Waals surface area contributed by atoms with Crippen LogP contribution in [0.3, 0.4) is 0 Å². The molecule has 1 saturated heterocycles. The largest absolute Gasteiger partial charge is 0.380 e. The number of amides is 2. The number of ether oxygens (including phenoxy) is 1. The Hall–Kier alpha value is -3.00. The minimum Gasteiger partial charge on any atom is -0.380 e. The molecule has 2 amide bonds. The average Bonchev–Trinajstić information content (AvgIpc) is 3.49. The second-order valence-electron chi connectivity index (χ2n) is 9.37. The second kappa shape index (κ2) is 7.85. The Labute approximate surface area is 187 Å². The predicted molar refractivity (Wildman–Crippen MR) is 118 cm³/mol. The van der Waals surface area contributed by atoms with Gasteiger partial charge in [0.1, 0.15) is 0 Å². The van der Waals surface area contributed by atoms with Crippen LogP contribution in [0.1, 0.15) is 42.3 Å². The molecule has 32 heavy (non-hydrogen) atoms. The molecule has 3 aromatic rings. The highest BCUT2D eigenvalue weighted by Gasteiger charge is 2.43. The summed E-state index contributed by atoms with van der Waals surface area (Å²) in [4.78, 5) is 19.6. The number of carbonyl (C=O) groups is 1. The molecular weight excluding hydrogens is 404 g/mol. The normalized spacial score (nSPS) is 29.2. The maximum Gasteiger partial charge on any atom is 0.318 e. The number of nitrogens with one attached hydrogen (secondary N) is 1. The lowest BCUT2D eigenvalue weighted by molar-refractivity contribution is 0.109. The molecule has 8 heteroatoms. The van der Waals surface area contributed by atoms with Gasteiger partial charge in [0, 0.05) is 38.5 Å². The van der Waals surface area contributed by atoms with Gasteiger partial charge in [-0.3, -0.25) is 9.38 Å². The third-order valence-corrected chi connectivity index (χ3v) is 7.69. The highest BCUT2D eigenvalue weighted by molar-refractivity contribution is 5.75.